The van der Waals surface area contributed by atoms with Crippen molar-refractivity contribution >= 4 is 28.1 Å². The van der Waals surface area contributed by atoms with E-state index in [0.717, 1.165) is 43.2 Å². The van der Waals surface area contributed by atoms with E-state index >= 15 is 0 Å². The number of nitrogens with zero attached hydrogens (tertiary/aromatic N) is 6. The van der Waals surface area contributed by atoms with Gasteiger partial charge < -0.3 is 9.80 Å². The Morgan fingerprint density at radius 2 is 1.60 bits per heavy atom. The van der Waals surface area contributed by atoms with E-state index in [0.29, 0.717) is 0 Å². The second kappa shape index (κ2) is 5.73. The summed E-state index contributed by atoms with van der Waals surface area (Å²) >= 11 is 0. The molecule has 6 nitrogen and oxygen atoms in total. The van der Waals surface area contributed by atoms with E-state index < -0.39 is 0 Å². The van der Waals surface area contributed by atoms with Crippen LogP contribution in [0.25, 0.3) is 16.6 Å². The van der Waals surface area contributed by atoms with E-state index in [1.165, 1.54) is 11.1 Å². The zero-order valence-electron chi connectivity index (χ0n) is 13.8. The standard InChI is InChI=1S/C19H18N6/c1-2-4-16-15(3-1)17(7-8-20-16)23-11-13-24(14-12-23)19-6-5-18-21-9-10-25(18)22-19/h1-10H,11-14H2. The van der Waals surface area contributed by atoms with Crippen LogP contribution in [0.2, 0.25) is 0 Å². The molecule has 0 radical (unpaired) electrons. The summed E-state index contributed by atoms with van der Waals surface area (Å²) in [4.78, 5) is 13.5. The summed E-state index contributed by atoms with van der Waals surface area (Å²) in [7, 11) is 0. The number of piperazine rings is 1. The molecule has 0 saturated carbocycles. The molecule has 0 spiro atoms. The molecule has 6 heteroatoms. The highest BCUT2D eigenvalue weighted by Crippen LogP contribution is 2.26. The Morgan fingerprint density at radius 3 is 2.52 bits per heavy atom. The van der Waals surface area contributed by atoms with Gasteiger partial charge in [-0.15, -0.1) is 5.10 Å². The molecule has 1 fully saturated rings. The average Bonchev–Trinajstić information content (AvgIpc) is 3.15. The maximum atomic E-state index is 4.66. The first-order valence-corrected chi connectivity index (χ1v) is 8.52. The van der Waals surface area contributed by atoms with Crippen LogP contribution in [0.4, 0.5) is 11.5 Å². The second-order valence-electron chi connectivity index (χ2n) is 6.24. The number of fused-ring (bicyclic) bond motifs is 2. The normalized spacial score (nSPS) is 15.2. The predicted octanol–water partition coefficient (Wildman–Crippen LogP) is 2.60. The highest BCUT2D eigenvalue weighted by Gasteiger charge is 2.20. The van der Waals surface area contributed by atoms with Crippen LogP contribution in [0.15, 0.2) is 61.1 Å². The molecule has 0 aliphatic carbocycles. The van der Waals surface area contributed by atoms with E-state index in [4.69, 9.17) is 0 Å². The summed E-state index contributed by atoms with van der Waals surface area (Å²) in [5, 5.41) is 5.88. The highest BCUT2D eigenvalue weighted by atomic mass is 15.4. The maximum Gasteiger partial charge on any atom is 0.153 e. The minimum Gasteiger partial charge on any atom is -0.367 e. The lowest BCUT2D eigenvalue weighted by atomic mass is 10.1. The van der Waals surface area contributed by atoms with Gasteiger partial charge in [0, 0.05) is 55.8 Å². The third kappa shape index (κ3) is 2.46. The fourth-order valence-corrected chi connectivity index (χ4v) is 3.51. The van der Waals surface area contributed by atoms with Crippen molar-refractivity contribution < 1.29 is 0 Å². The molecule has 25 heavy (non-hydrogen) atoms. The van der Waals surface area contributed by atoms with Crippen molar-refractivity contribution in [2.45, 2.75) is 0 Å². The number of imidazole rings is 1. The number of benzene rings is 1. The van der Waals surface area contributed by atoms with Crippen LogP contribution in [-0.4, -0.2) is 45.8 Å². The molecule has 0 unspecified atom stereocenters. The van der Waals surface area contributed by atoms with Crippen LogP contribution in [-0.2, 0) is 0 Å². The van der Waals surface area contributed by atoms with Crippen molar-refractivity contribution in [1.82, 2.24) is 19.6 Å². The van der Waals surface area contributed by atoms with Crippen molar-refractivity contribution in [1.29, 1.82) is 0 Å². The van der Waals surface area contributed by atoms with Crippen LogP contribution >= 0.6 is 0 Å². The molecular weight excluding hydrogens is 312 g/mol. The van der Waals surface area contributed by atoms with Gasteiger partial charge in [-0.25, -0.2) is 9.50 Å². The number of anilines is 2. The van der Waals surface area contributed by atoms with Crippen LogP contribution < -0.4 is 9.80 Å². The van der Waals surface area contributed by atoms with Crippen LogP contribution in [0, 0.1) is 0 Å². The first kappa shape index (κ1) is 14.2. The number of hydrogen-bond donors (Lipinski definition) is 0. The minimum atomic E-state index is 0.880. The predicted molar refractivity (Wildman–Crippen MR) is 99.2 cm³/mol. The van der Waals surface area contributed by atoms with Gasteiger partial charge in [-0.2, -0.15) is 0 Å². The summed E-state index contributed by atoms with van der Waals surface area (Å²) in [6.07, 6.45) is 5.56. The fourth-order valence-electron chi connectivity index (χ4n) is 3.51. The lowest BCUT2D eigenvalue weighted by molar-refractivity contribution is 0.643. The number of para-hydroxylation sites is 1. The van der Waals surface area contributed by atoms with Crippen molar-refractivity contribution in [2.75, 3.05) is 36.0 Å². The van der Waals surface area contributed by atoms with Crippen molar-refractivity contribution in [2.24, 2.45) is 0 Å². The van der Waals surface area contributed by atoms with Crippen LogP contribution in [0.3, 0.4) is 0 Å². The van der Waals surface area contributed by atoms with Crippen molar-refractivity contribution in [3.8, 4) is 0 Å². The molecule has 0 bridgehead atoms. The Labute approximate surface area is 145 Å². The van der Waals surface area contributed by atoms with Crippen LogP contribution in [0.5, 0.6) is 0 Å². The Hall–Kier alpha value is -3.15. The number of pyridine rings is 1. The molecular formula is C19H18N6. The van der Waals surface area contributed by atoms with E-state index in [-0.39, 0.29) is 0 Å². The van der Waals surface area contributed by atoms with Gasteiger partial charge in [0.1, 0.15) is 5.82 Å². The Morgan fingerprint density at radius 1 is 0.760 bits per heavy atom. The lowest BCUT2D eigenvalue weighted by Crippen LogP contribution is -2.47. The molecule has 4 heterocycles. The summed E-state index contributed by atoms with van der Waals surface area (Å²) in [6, 6.07) is 14.5. The van der Waals surface area contributed by atoms with Crippen LogP contribution in [0.1, 0.15) is 0 Å². The van der Waals surface area contributed by atoms with E-state index in [2.05, 4.69) is 55.2 Å². The third-order valence-electron chi connectivity index (χ3n) is 4.81. The monoisotopic (exact) mass is 330 g/mol. The smallest absolute Gasteiger partial charge is 0.153 e. The van der Waals surface area contributed by atoms with Gasteiger partial charge in [-0.1, -0.05) is 18.2 Å². The minimum absolute atomic E-state index is 0.880. The number of hydrogen-bond acceptors (Lipinski definition) is 5. The van der Waals surface area contributed by atoms with E-state index in [1.807, 2.05) is 29.0 Å². The van der Waals surface area contributed by atoms with Gasteiger partial charge >= 0.3 is 0 Å². The van der Waals surface area contributed by atoms with Gasteiger partial charge in [-0.3, -0.25) is 4.98 Å². The zero-order valence-corrected chi connectivity index (χ0v) is 13.8. The SMILES string of the molecule is c1ccc2c(N3CCN(c4ccc5nccn5n4)CC3)ccnc2c1. The molecule has 124 valence electrons. The second-order valence-corrected chi connectivity index (χ2v) is 6.24. The quantitative estimate of drug-likeness (QED) is 0.565. The van der Waals surface area contributed by atoms with Gasteiger partial charge in [0.15, 0.2) is 5.65 Å². The van der Waals surface area contributed by atoms with E-state index in [1.54, 1.807) is 6.20 Å². The van der Waals surface area contributed by atoms with Gasteiger partial charge in [0.25, 0.3) is 0 Å². The Bertz CT molecular complexity index is 1030. The molecule has 3 aromatic heterocycles. The molecule has 0 N–H and O–H groups in total. The summed E-state index contributed by atoms with van der Waals surface area (Å²) < 4.78 is 1.83. The molecule has 1 aliphatic heterocycles. The lowest BCUT2D eigenvalue weighted by Gasteiger charge is -2.37. The zero-order chi connectivity index (χ0) is 16.6. The molecule has 1 aliphatic rings. The fraction of sp³-hybridized carbons (Fsp3) is 0.211. The third-order valence-corrected chi connectivity index (χ3v) is 4.81. The maximum absolute atomic E-state index is 4.66. The molecule has 0 amide bonds. The number of rotatable bonds is 2. The van der Waals surface area contributed by atoms with E-state index in [9.17, 15) is 0 Å². The Kier molecular flexibility index (Phi) is 3.26. The molecule has 5 rings (SSSR count). The Balaban J connectivity index is 1.38. The van der Waals surface area contributed by atoms with Crippen molar-refractivity contribution in [3.63, 3.8) is 0 Å². The highest BCUT2D eigenvalue weighted by molar-refractivity contribution is 5.91. The molecule has 1 saturated heterocycles. The topological polar surface area (TPSA) is 49.6 Å². The first-order chi connectivity index (χ1) is 12.4. The first-order valence-electron chi connectivity index (χ1n) is 8.52. The molecule has 1 aromatic carbocycles. The molecule has 0 atom stereocenters. The van der Waals surface area contributed by atoms with Gasteiger partial charge in [0.05, 0.1) is 5.52 Å². The largest absolute Gasteiger partial charge is 0.367 e. The van der Waals surface area contributed by atoms with Gasteiger partial charge in [0.2, 0.25) is 0 Å². The molecule has 4 aromatic rings. The van der Waals surface area contributed by atoms with Crippen molar-refractivity contribution in [3.05, 3.63) is 61.1 Å². The van der Waals surface area contributed by atoms with Gasteiger partial charge in [-0.05, 0) is 24.3 Å². The number of aromatic nitrogens is 4. The summed E-state index contributed by atoms with van der Waals surface area (Å²) in [6.45, 7) is 3.84. The summed E-state index contributed by atoms with van der Waals surface area (Å²) in [5.74, 6) is 1.00. The summed E-state index contributed by atoms with van der Waals surface area (Å²) in [5.41, 5.74) is 3.20. The average molecular weight is 330 g/mol.